The Morgan fingerprint density at radius 2 is 1.83 bits per heavy atom. The van der Waals surface area contributed by atoms with E-state index in [0.29, 0.717) is 19.5 Å². The van der Waals surface area contributed by atoms with E-state index in [9.17, 15) is 9.59 Å². The largest absolute Gasteiger partial charge is 0.444 e. The minimum atomic E-state index is -0.484. The van der Waals surface area contributed by atoms with Gasteiger partial charge in [-0.1, -0.05) is 12.1 Å². The van der Waals surface area contributed by atoms with Crippen molar-refractivity contribution in [3.05, 3.63) is 29.8 Å². The fourth-order valence-electron chi connectivity index (χ4n) is 3.16. The number of benzene rings is 1. The van der Waals surface area contributed by atoms with Gasteiger partial charge in [-0.2, -0.15) is 0 Å². The van der Waals surface area contributed by atoms with Crippen LogP contribution in [0.5, 0.6) is 0 Å². The second-order valence-corrected chi connectivity index (χ2v) is 8.23. The maximum absolute atomic E-state index is 12.2. The first kappa shape index (κ1) is 18.8. The zero-order valence-corrected chi connectivity index (χ0v) is 15.8. The molecule has 1 fully saturated rings. The Kier molecular flexibility index (Phi) is 5.97. The van der Waals surface area contributed by atoms with E-state index in [1.807, 2.05) is 20.8 Å². The average molecular weight is 349 g/mol. The second-order valence-electron chi connectivity index (χ2n) is 7.35. The van der Waals surface area contributed by atoms with Crippen molar-refractivity contribution in [1.82, 2.24) is 4.90 Å². The molecule has 1 heterocycles. The number of ether oxygens (including phenoxy) is 1. The van der Waals surface area contributed by atoms with Gasteiger partial charge in [-0.05, 0) is 57.6 Å². The van der Waals surface area contributed by atoms with Crippen molar-refractivity contribution in [1.29, 1.82) is 0 Å². The summed E-state index contributed by atoms with van der Waals surface area (Å²) in [5, 5.41) is 0. The van der Waals surface area contributed by atoms with Crippen molar-refractivity contribution in [2.45, 2.75) is 55.9 Å². The van der Waals surface area contributed by atoms with E-state index < -0.39 is 5.60 Å². The molecule has 132 valence electrons. The maximum atomic E-state index is 12.2. The number of thioether (sulfide) groups is 1. The monoisotopic (exact) mass is 349 g/mol. The van der Waals surface area contributed by atoms with Crippen molar-refractivity contribution in [3.8, 4) is 0 Å². The summed E-state index contributed by atoms with van der Waals surface area (Å²) in [6, 6.07) is 8.45. The lowest BCUT2D eigenvalue weighted by atomic mass is 9.71. The number of amides is 1. The zero-order chi connectivity index (χ0) is 17.8. The first-order valence-electron chi connectivity index (χ1n) is 8.36. The van der Waals surface area contributed by atoms with E-state index in [1.165, 1.54) is 10.5 Å². The fraction of sp³-hybridized carbons (Fsp3) is 0.579. The maximum Gasteiger partial charge on any atom is 0.410 e. The van der Waals surface area contributed by atoms with E-state index >= 15 is 0 Å². The molecule has 5 heteroatoms. The van der Waals surface area contributed by atoms with Crippen molar-refractivity contribution >= 4 is 24.1 Å². The minimum Gasteiger partial charge on any atom is -0.444 e. The van der Waals surface area contributed by atoms with E-state index in [2.05, 4.69) is 30.5 Å². The molecule has 0 atom stereocenters. The van der Waals surface area contributed by atoms with Gasteiger partial charge in [0.05, 0.1) is 0 Å². The molecule has 1 aliphatic rings. The molecule has 0 aliphatic carbocycles. The number of piperidine rings is 1. The molecule has 1 aromatic rings. The molecule has 1 aromatic carbocycles. The van der Waals surface area contributed by atoms with Gasteiger partial charge in [0.25, 0.3) is 0 Å². The average Bonchev–Trinajstić information content (AvgIpc) is 2.54. The van der Waals surface area contributed by atoms with Crippen LogP contribution in [0.4, 0.5) is 4.79 Å². The van der Waals surface area contributed by atoms with Gasteiger partial charge in [-0.3, -0.25) is 0 Å². The van der Waals surface area contributed by atoms with Gasteiger partial charge in [0.2, 0.25) is 0 Å². The summed E-state index contributed by atoms with van der Waals surface area (Å²) in [6.07, 6.45) is 4.85. The van der Waals surface area contributed by atoms with Crippen molar-refractivity contribution in [3.63, 3.8) is 0 Å². The zero-order valence-electron chi connectivity index (χ0n) is 15.0. The normalized spacial score (nSPS) is 17.4. The molecule has 24 heavy (non-hydrogen) atoms. The fourth-order valence-corrected chi connectivity index (χ4v) is 3.57. The van der Waals surface area contributed by atoms with Gasteiger partial charge < -0.3 is 14.4 Å². The number of rotatable bonds is 4. The Labute approximate surface area is 148 Å². The SMILES string of the molecule is CSc1ccc(C2(CC=O)CCN(C(=O)OC(C)(C)C)CC2)cc1. The van der Waals surface area contributed by atoms with Crippen molar-refractivity contribution < 1.29 is 14.3 Å². The van der Waals surface area contributed by atoms with Gasteiger partial charge >= 0.3 is 6.09 Å². The highest BCUT2D eigenvalue weighted by molar-refractivity contribution is 7.98. The molecule has 1 aliphatic heterocycles. The summed E-state index contributed by atoms with van der Waals surface area (Å²) < 4.78 is 5.46. The Hall–Kier alpha value is -1.49. The number of likely N-dealkylation sites (tertiary alicyclic amines) is 1. The predicted octanol–water partition coefficient (Wildman–Crippen LogP) is 4.27. The molecule has 4 nitrogen and oxygen atoms in total. The van der Waals surface area contributed by atoms with Gasteiger partial charge in [-0.15, -0.1) is 11.8 Å². The third-order valence-electron chi connectivity index (χ3n) is 4.55. The highest BCUT2D eigenvalue weighted by Gasteiger charge is 2.38. The number of nitrogens with zero attached hydrogens (tertiary/aromatic N) is 1. The van der Waals surface area contributed by atoms with Crippen LogP contribution in [0.1, 0.15) is 45.6 Å². The Bertz CT molecular complexity index is 569. The minimum absolute atomic E-state index is 0.169. The Morgan fingerprint density at radius 3 is 2.29 bits per heavy atom. The van der Waals surface area contributed by atoms with Gasteiger partial charge in [0, 0.05) is 29.8 Å². The molecule has 0 radical (unpaired) electrons. The predicted molar refractivity (Wildman–Crippen MR) is 97.6 cm³/mol. The third-order valence-corrected chi connectivity index (χ3v) is 5.29. The van der Waals surface area contributed by atoms with E-state index in [4.69, 9.17) is 4.74 Å². The third kappa shape index (κ3) is 4.53. The molecule has 0 unspecified atom stereocenters. The highest BCUT2D eigenvalue weighted by atomic mass is 32.2. The van der Waals surface area contributed by atoms with E-state index in [0.717, 1.165) is 19.1 Å². The number of carbonyl (C=O) groups excluding carboxylic acids is 2. The van der Waals surface area contributed by atoms with E-state index in [-0.39, 0.29) is 11.5 Å². The van der Waals surface area contributed by atoms with Gasteiger partial charge in [0.15, 0.2) is 0 Å². The van der Waals surface area contributed by atoms with Gasteiger partial charge in [0.1, 0.15) is 11.9 Å². The number of aldehydes is 1. The van der Waals surface area contributed by atoms with Crippen LogP contribution in [-0.2, 0) is 14.9 Å². The molecular weight excluding hydrogens is 322 g/mol. The summed E-state index contributed by atoms with van der Waals surface area (Å²) in [5.74, 6) is 0. The first-order chi connectivity index (χ1) is 11.3. The standard InChI is InChI=1S/C19H27NO3S/c1-18(2,3)23-17(22)20-12-9-19(10-13-20,11-14-21)15-5-7-16(24-4)8-6-15/h5-8,14H,9-13H2,1-4H3. The molecule has 2 rings (SSSR count). The lowest BCUT2D eigenvalue weighted by Crippen LogP contribution is -2.47. The van der Waals surface area contributed by atoms with Crippen LogP contribution in [0.25, 0.3) is 0 Å². The molecule has 0 bridgehead atoms. The van der Waals surface area contributed by atoms with Crippen LogP contribution in [-0.4, -0.2) is 42.2 Å². The van der Waals surface area contributed by atoms with Gasteiger partial charge in [-0.25, -0.2) is 4.79 Å². The molecular formula is C19H27NO3S. The second kappa shape index (κ2) is 7.60. The quantitative estimate of drug-likeness (QED) is 0.602. The molecule has 0 aromatic heterocycles. The number of hydrogen-bond donors (Lipinski definition) is 0. The first-order valence-corrected chi connectivity index (χ1v) is 9.58. The van der Waals surface area contributed by atoms with Crippen LogP contribution in [0.15, 0.2) is 29.2 Å². The molecule has 1 amide bonds. The van der Waals surface area contributed by atoms with Crippen LogP contribution in [0.2, 0.25) is 0 Å². The molecule has 1 saturated heterocycles. The van der Waals surface area contributed by atoms with Crippen LogP contribution < -0.4 is 0 Å². The molecule has 0 spiro atoms. The van der Waals surface area contributed by atoms with Crippen molar-refractivity contribution in [2.24, 2.45) is 0 Å². The van der Waals surface area contributed by atoms with Crippen LogP contribution >= 0.6 is 11.8 Å². The number of hydrogen-bond acceptors (Lipinski definition) is 4. The number of carbonyl (C=O) groups is 2. The summed E-state index contributed by atoms with van der Waals surface area (Å²) in [5.41, 5.74) is 0.537. The van der Waals surface area contributed by atoms with Crippen LogP contribution in [0, 0.1) is 0 Å². The highest BCUT2D eigenvalue weighted by Crippen LogP contribution is 2.39. The summed E-state index contributed by atoms with van der Waals surface area (Å²) in [7, 11) is 0. The molecule has 0 N–H and O–H groups in total. The van der Waals surface area contributed by atoms with Crippen LogP contribution in [0.3, 0.4) is 0 Å². The smallest absolute Gasteiger partial charge is 0.410 e. The topological polar surface area (TPSA) is 46.6 Å². The van der Waals surface area contributed by atoms with E-state index in [1.54, 1.807) is 16.7 Å². The molecule has 0 saturated carbocycles. The lowest BCUT2D eigenvalue weighted by molar-refractivity contribution is -0.109. The lowest BCUT2D eigenvalue weighted by Gasteiger charge is -2.41. The summed E-state index contributed by atoms with van der Waals surface area (Å²) in [6.45, 7) is 6.86. The summed E-state index contributed by atoms with van der Waals surface area (Å²) >= 11 is 1.71. The van der Waals surface area contributed by atoms with Crippen molar-refractivity contribution in [2.75, 3.05) is 19.3 Å². The summed E-state index contributed by atoms with van der Waals surface area (Å²) in [4.78, 5) is 26.5. The Morgan fingerprint density at radius 1 is 1.25 bits per heavy atom. The Balaban J connectivity index is 2.10.